The maximum absolute atomic E-state index is 12.9. The van der Waals surface area contributed by atoms with E-state index in [1.807, 2.05) is 26.0 Å². The van der Waals surface area contributed by atoms with E-state index in [9.17, 15) is 13.2 Å². The van der Waals surface area contributed by atoms with Gasteiger partial charge >= 0.3 is 0 Å². The first-order chi connectivity index (χ1) is 16.8. The molecule has 0 saturated heterocycles. The molecule has 0 fully saturated rings. The van der Waals surface area contributed by atoms with Crippen molar-refractivity contribution in [3.05, 3.63) is 77.5 Å². The molecule has 1 aromatic heterocycles. The summed E-state index contributed by atoms with van der Waals surface area (Å²) >= 11 is 0. The summed E-state index contributed by atoms with van der Waals surface area (Å²) in [5.74, 6) is 0.694. The largest absolute Gasteiger partial charge is 0.490 e. The van der Waals surface area contributed by atoms with Crippen molar-refractivity contribution in [2.75, 3.05) is 23.3 Å². The zero-order valence-corrected chi connectivity index (χ0v) is 20.2. The Labute approximate surface area is 203 Å². The second-order valence-corrected chi connectivity index (χ2v) is 10.1. The van der Waals surface area contributed by atoms with Crippen LogP contribution in [-0.2, 0) is 10.0 Å². The van der Waals surface area contributed by atoms with E-state index in [0.717, 1.165) is 28.6 Å². The molecule has 0 unspecified atom stereocenters. The summed E-state index contributed by atoms with van der Waals surface area (Å²) < 4.78 is 39.5. The maximum atomic E-state index is 12.9. The number of nitrogens with one attached hydrogen (secondary N) is 3. The molecule has 8 nitrogen and oxygen atoms in total. The summed E-state index contributed by atoms with van der Waals surface area (Å²) in [5.41, 5.74) is 4.63. The fourth-order valence-electron chi connectivity index (χ4n) is 3.95. The summed E-state index contributed by atoms with van der Waals surface area (Å²) in [6.45, 7) is 5.01. The molecule has 3 N–H and O–H groups in total. The SMILES string of the molecule is Cc1[nH]c2ccc(C(=O)Nc3ccc(NS(=O)(=O)c4ccc5c(c4)OCCCO5)cc3)cc2c1C. The van der Waals surface area contributed by atoms with Gasteiger partial charge in [0.05, 0.1) is 18.1 Å². The highest BCUT2D eigenvalue weighted by Gasteiger charge is 2.19. The number of aromatic nitrogens is 1. The van der Waals surface area contributed by atoms with E-state index in [1.54, 1.807) is 36.4 Å². The number of fused-ring (bicyclic) bond motifs is 2. The average Bonchev–Trinajstić information content (AvgIpc) is 3.00. The molecule has 1 aliphatic rings. The highest BCUT2D eigenvalue weighted by atomic mass is 32.2. The van der Waals surface area contributed by atoms with Crippen LogP contribution in [0.15, 0.2) is 65.6 Å². The molecule has 0 saturated carbocycles. The lowest BCUT2D eigenvalue weighted by Crippen LogP contribution is -2.14. The Morgan fingerprint density at radius 3 is 2.37 bits per heavy atom. The van der Waals surface area contributed by atoms with E-state index in [1.165, 1.54) is 12.1 Å². The lowest BCUT2D eigenvalue weighted by molar-refractivity contribution is 0.102. The Bertz CT molecular complexity index is 1520. The van der Waals surface area contributed by atoms with Crippen molar-refractivity contribution in [1.29, 1.82) is 0 Å². The van der Waals surface area contributed by atoms with Crippen LogP contribution >= 0.6 is 0 Å². The summed E-state index contributed by atoms with van der Waals surface area (Å²) in [6.07, 6.45) is 0.734. The Balaban J connectivity index is 1.29. The number of H-pyrrole nitrogens is 1. The van der Waals surface area contributed by atoms with Gasteiger partial charge in [0.2, 0.25) is 0 Å². The standard InChI is InChI=1S/C26H25N3O5S/c1-16-17(2)27-23-10-4-18(14-22(16)23)26(30)28-19-5-7-20(8-6-19)29-35(31,32)21-9-11-24-25(15-21)34-13-3-12-33-24/h4-11,14-15,27,29H,3,12-13H2,1-2H3,(H,28,30). The van der Waals surface area contributed by atoms with Gasteiger partial charge in [-0.2, -0.15) is 0 Å². The summed E-state index contributed by atoms with van der Waals surface area (Å²) in [7, 11) is -3.84. The number of aromatic amines is 1. The van der Waals surface area contributed by atoms with Crippen molar-refractivity contribution in [3.8, 4) is 11.5 Å². The molecular weight excluding hydrogens is 466 g/mol. The minimum absolute atomic E-state index is 0.0739. The first-order valence-corrected chi connectivity index (χ1v) is 12.7. The maximum Gasteiger partial charge on any atom is 0.262 e. The molecule has 1 aliphatic heterocycles. The fraction of sp³-hybridized carbons (Fsp3) is 0.192. The minimum atomic E-state index is -3.84. The van der Waals surface area contributed by atoms with Gasteiger partial charge < -0.3 is 19.8 Å². The molecule has 3 aromatic carbocycles. The molecule has 0 spiro atoms. The van der Waals surface area contributed by atoms with E-state index in [-0.39, 0.29) is 10.8 Å². The first kappa shape index (κ1) is 22.8. The van der Waals surface area contributed by atoms with Gasteiger partial charge in [-0.3, -0.25) is 9.52 Å². The monoisotopic (exact) mass is 491 g/mol. The molecule has 0 radical (unpaired) electrons. The molecule has 2 heterocycles. The van der Waals surface area contributed by atoms with E-state index < -0.39 is 10.0 Å². The molecule has 180 valence electrons. The van der Waals surface area contributed by atoms with Gasteiger partial charge in [0.1, 0.15) is 0 Å². The average molecular weight is 492 g/mol. The van der Waals surface area contributed by atoms with Gasteiger partial charge in [-0.1, -0.05) is 0 Å². The minimum Gasteiger partial charge on any atom is -0.490 e. The second-order valence-electron chi connectivity index (χ2n) is 8.43. The van der Waals surface area contributed by atoms with Crippen LogP contribution in [-0.4, -0.2) is 32.5 Å². The van der Waals surface area contributed by atoms with Gasteiger partial charge in [-0.15, -0.1) is 0 Å². The number of sulfonamides is 1. The number of amides is 1. The van der Waals surface area contributed by atoms with Crippen molar-refractivity contribution in [2.45, 2.75) is 25.2 Å². The van der Waals surface area contributed by atoms with Gasteiger partial charge in [0.15, 0.2) is 11.5 Å². The number of aryl methyl sites for hydroxylation is 2. The van der Waals surface area contributed by atoms with Crippen LogP contribution in [0, 0.1) is 13.8 Å². The fourth-order valence-corrected chi connectivity index (χ4v) is 5.03. The number of rotatable bonds is 5. The molecule has 1 amide bonds. The van der Waals surface area contributed by atoms with Crippen LogP contribution in [0.4, 0.5) is 11.4 Å². The van der Waals surface area contributed by atoms with Gasteiger partial charge in [-0.25, -0.2) is 8.42 Å². The molecule has 0 bridgehead atoms. The Kier molecular flexibility index (Phi) is 5.86. The van der Waals surface area contributed by atoms with Crippen molar-refractivity contribution in [1.82, 2.24) is 4.98 Å². The van der Waals surface area contributed by atoms with E-state index in [2.05, 4.69) is 15.0 Å². The van der Waals surface area contributed by atoms with Crippen LogP contribution < -0.4 is 19.5 Å². The number of ether oxygens (including phenoxy) is 2. The summed E-state index contributed by atoms with van der Waals surface area (Å²) in [6, 6.07) is 16.5. The van der Waals surface area contributed by atoms with Crippen LogP contribution in [0.3, 0.4) is 0 Å². The predicted molar refractivity (Wildman–Crippen MR) is 135 cm³/mol. The van der Waals surface area contributed by atoms with E-state index >= 15 is 0 Å². The molecule has 35 heavy (non-hydrogen) atoms. The van der Waals surface area contributed by atoms with Crippen molar-refractivity contribution >= 4 is 38.2 Å². The molecule has 0 atom stereocenters. The van der Waals surface area contributed by atoms with E-state index in [4.69, 9.17) is 9.47 Å². The van der Waals surface area contributed by atoms with Crippen molar-refractivity contribution < 1.29 is 22.7 Å². The van der Waals surface area contributed by atoms with Crippen molar-refractivity contribution in [2.24, 2.45) is 0 Å². The molecule has 5 rings (SSSR count). The quantitative estimate of drug-likeness (QED) is 0.364. The summed E-state index contributed by atoms with van der Waals surface area (Å²) in [4.78, 5) is 16.1. The number of hydrogen-bond donors (Lipinski definition) is 3. The molecule has 0 aliphatic carbocycles. The first-order valence-electron chi connectivity index (χ1n) is 11.2. The smallest absolute Gasteiger partial charge is 0.262 e. The van der Waals surface area contributed by atoms with Crippen LogP contribution in [0.2, 0.25) is 0 Å². The van der Waals surface area contributed by atoms with Crippen LogP contribution in [0.25, 0.3) is 10.9 Å². The zero-order valence-electron chi connectivity index (χ0n) is 19.3. The number of carbonyl (C=O) groups is 1. The highest BCUT2D eigenvalue weighted by molar-refractivity contribution is 7.92. The lowest BCUT2D eigenvalue weighted by atomic mass is 10.1. The normalized spacial score (nSPS) is 13.3. The Morgan fingerprint density at radius 1 is 0.886 bits per heavy atom. The highest BCUT2D eigenvalue weighted by Crippen LogP contribution is 2.32. The topological polar surface area (TPSA) is 110 Å². The Hall–Kier alpha value is -3.98. The number of carbonyl (C=O) groups excluding carboxylic acids is 1. The number of anilines is 2. The number of benzene rings is 3. The zero-order chi connectivity index (χ0) is 24.6. The van der Waals surface area contributed by atoms with Gasteiger partial charge in [-0.05, 0) is 74.0 Å². The third-order valence-electron chi connectivity index (χ3n) is 5.99. The summed E-state index contributed by atoms with van der Waals surface area (Å²) in [5, 5.41) is 3.86. The number of hydrogen-bond acceptors (Lipinski definition) is 5. The molecular formula is C26H25N3O5S. The third-order valence-corrected chi connectivity index (χ3v) is 7.37. The van der Waals surface area contributed by atoms with Crippen LogP contribution in [0.5, 0.6) is 11.5 Å². The third kappa shape index (κ3) is 4.67. The van der Waals surface area contributed by atoms with Crippen LogP contribution in [0.1, 0.15) is 28.0 Å². The molecule has 9 heteroatoms. The lowest BCUT2D eigenvalue weighted by Gasteiger charge is -2.12. The van der Waals surface area contributed by atoms with Gasteiger partial charge in [0.25, 0.3) is 15.9 Å². The molecule has 4 aromatic rings. The van der Waals surface area contributed by atoms with Crippen molar-refractivity contribution in [3.63, 3.8) is 0 Å². The second kappa shape index (κ2) is 8.99. The van der Waals surface area contributed by atoms with E-state index in [0.29, 0.717) is 41.7 Å². The van der Waals surface area contributed by atoms with Gasteiger partial charge in [0, 0.05) is 46.0 Å². The Morgan fingerprint density at radius 2 is 1.60 bits per heavy atom. The predicted octanol–water partition coefficient (Wildman–Crippen LogP) is 5.00.